The Morgan fingerprint density at radius 2 is 1.96 bits per heavy atom. The van der Waals surface area contributed by atoms with Crippen molar-refractivity contribution in [1.29, 1.82) is 0 Å². The van der Waals surface area contributed by atoms with E-state index in [4.69, 9.17) is 14.2 Å². The van der Waals surface area contributed by atoms with Gasteiger partial charge in [0.05, 0.1) is 37.7 Å². The van der Waals surface area contributed by atoms with Crippen LogP contribution >= 0.6 is 0 Å². The molecule has 0 spiro atoms. The van der Waals surface area contributed by atoms with Gasteiger partial charge in [0.1, 0.15) is 22.9 Å². The van der Waals surface area contributed by atoms with Crippen molar-refractivity contribution in [3.8, 4) is 11.5 Å². The zero-order valence-electron chi connectivity index (χ0n) is 15.2. The van der Waals surface area contributed by atoms with E-state index in [9.17, 15) is 9.18 Å². The number of pyridine rings is 1. The number of nitrogens with one attached hydrogen (secondary N) is 1. The van der Waals surface area contributed by atoms with Crippen LogP contribution in [0, 0.1) is 5.82 Å². The van der Waals surface area contributed by atoms with Gasteiger partial charge < -0.3 is 19.5 Å². The molecule has 27 heavy (non-hydrogen) atoms. The van der Waals surface area contributed by atoms with Gasteiger partial charge in [0.15, 0.2) is 0 Å². The number of benzene rings is 2. The zero-order chi connectivity index (χ0) is 19.4. The fourth-order valence-corrected chi connectivity index (χ4v) is 2.71. The third-order valence-corrected chi connectivity index (χ3v) is 3.99. The highest BCUT2D eigenvalue weighted by Gasteiger charge is 2.19. The Labute approximate surface area is 155 Å². The molecule has 1 N–H and O–H groups in total. The normalized spacial score (nSPS) is 10.5. The molecule has 0 atom stereocenters. The Bertz CT molecular complexity index is 991. The molecule has 0 amide bonds. The smallest absolute Gasteiger partial charge is 0.341 e. The molecule has 0 saturated heterocycles. The van der Waals surface area contributed by atoms with Crippen LogP contribution in [-0.4, -0.2) is 31.8 Å². The summed E-state index contributed by atoms with van der Waals surface area (Å²) in [6.45, 7) is 1.92. The highest BCUT2D eigenvalue weighted by atomic mass is 19.1. The quantitative estimate of drug-likeness (QED) is 0.652. The molecular weight excluding hydrogens is 351 g/mol. The molecule has 0 saturated carbocycles. The van der Waals surface area contributed by atoms with E-state index >= 15 is 0 Å². The standard InChI is InChI=1S/C20H19FN2O4/c1-4-27-20(24)15-11-22-16-7-5-12(21)9-14(16)19(15)23-17-10-13(25-2)6-8-18(17)26-3/h5-11H,4H2,1-3H3,(H,22,23). The fourth-order valence-electron chi connectivity index (χ4n) is 2.71. The Balaban J connectivity index is 2.20. The maximum absolute atomic E-state index is 13.9. The van der Waals surface area contributed by atoms with E-state index in [-0.39, 0.29) is 12.2 Å². The average Bonchev–Trinajstić information content (AvgIpc) is 2.68. The summed E-state index contributed by atoms with van der Waals surface area (Å²) in [6.07, 6.45) is 1.41. The van der Waals surface area contributed by atoms with Gasteiger partial charge in [0.25, 0.3) is 0 Å². The van der Waals surface area contributed by atoms with Gasteiger partial charge in [-0.05, 0) is 37.3 Å². The van der Waals surface area contributed by atoms with Gasteiger partial charge in [-0.3, -0.25) is 4.98 Å². The number of carbonyl (C=O) groups excluding carboxylic acids is 1. The molecule has 0 unspecified atom stereocenters. The number of ether oxygens (including phenoxy) is 3. The lowest BCUT2D eigenvalue weighted by molar-refractivity contribution is 0.0527. The van der Waals surface area contributed by atoms with Crippen LogP contribution in [0.1, 0.15) is 17.3 Å². The lowest BCUT2D eigenvalue weighted by Crippen LogP contribution is -2.09. The van der Waals surface area contributed by atoms with Crippen molar-refractivity contribution in [2.45, 2.75) is 6.92 Å². The third-order valence-electron chi connectivity index (χ3n) is 3.99. The first-order chi connectivity index (χ1) is 13.1. The predicted octanol–water partition coefficient (Wildman–Crippen LogP) is 4.31. The molecule has 0 aliphatic carbocycles. The Morgan fingerprint density at radius 1 is 1.15 bits per heavy atom. The second-order valence-corrected chi connectivity index (χ2v) is 5.62. The largest absolute Gasteiger partial charge is 0.497 e. The number of hydrogen-bond acceptors (Lipinski definition) is 6. The number of aromatic nitrogens is 1. The number of hydrogen-bond donors (Lipinski definition) is 1. The Kier molecular flexibility index (Phi) is 5.40. The number of methoxy groups -OCH3 is 2. The van der Waals surface area contributed by atoms with E-state index in [1.165, 1.54) is 25.4 Å². The fraction of sp³-hybridized carbons (Fsp3) is 0.200. The minimum atomic E-state index is -0.555. The Morgan fingerprint density at radius 3 is 2.67 bits per heavy atom. The first-order valence-corrected chi connectivity index (χ1v) is 8.31. The summed E-state index contributed by atoms with van der Waals surface area (Å²) in [6, 6.07) is 9.39. The molecular formula is C20H19FN2O4. The maximum Gasteiger partial charge on any atom is 0.341 e. The lowest BCUT2D eigenvalue weighted by atomic mass is 10.1. The first-order valence-electron chi connectivity index (χ1n) is 8.31. The number of halogens is 1. The van der Waals surface area contributed by atoms with E-state index < -0.39 is 11.8 Å². The zero-order valence-corrected chi connectivity index (χ0v) is 15.2. The van der Waals surface area contributed by atoms with Gasteiger partial charge in [0.2, 0.25) is 0 Å². The summed E-state index contributed by atoms with van der Waals surface area (Å²) in [5.41, 5.74) is 1.66. The second-order valence-electron chi connectivity index (χ2n) is 5.62. The maximum atomic E-state index is 13.9. The van der Waals surface area contributed by atoms with Gasteiger partial charge in [-0.25, -0.2) is 9.18 Å². The second kappa shape index (κ2) is 7.90. The number of fused-ring (bicyclic) bond motifs is 1. The molecule has 3 rings (SSSR count). The lowest BCUT2D eigenvalue weighted by Gasteiger charge is -2.17. The topological polar surface area (TPSA) is 69.7 Å². The van der Waals surface area contributed by atoms with Crippen LogP contribution in [0.4, 0.5) is 15.8 Å². The molecule has 140 valence electrons. The van der Waals surface area contributed by atoms with Crippen molar-refractivity contribution in [1.82, 2.24) is 4.98 Å². The summed E-state index contributed by atoms with van der Waals surface area (Å²) in [4.78, 5) is 16.7. The number of anilines is 2. The van der Waals surface area contributed by atoms with Crippen LogP contribution in [0.25, 0.3) is 10.9 Å². The van der Waals surface area contributed by atoms with Crippen molar-refractivity contribution in [2.75, 3.05) is 26.1 Å². The van der Waals surface area contributed by atoms with E-state index in [1.54, 1.807) is 38.3 Å². The van der Waals surface area contributed by atoms with E-state index in [1.807, 2.05) is 0 Å². The monoisotopic (exact) mass is 370 g/mol. The average molecular weight is 370 g/mol. The Hall–Kier alpha value is -3.35. The van der Waals surface area contributed by atoms with Crippen molar-refractivity contribution < 1.29 is 23.4 Å². The minimum Gasteiger partial charge on any atom is -0.497 e. The molecule has 1 aromatic heterocycles. The molecule has 2 aromatic carbocycles. The molecule has 3 aromatic rings. The van der Waals surface area contributed by atoms with E-state index in [0.717, 1.165) is 0 Å². The SMILES string of the molecule is CCOC(=O)c1cnc2ccc(F)cc2c1Nc1cc(OC)ccc1OC. The molecule has 1 heterocycles. The summed E-state index contributed by atoms with van der Waals surface area (Å²) in [7, 11) is 3.08. The molecule has 0 aliphatic heterocycles. The molecule has 6 nitrogen and oxygen atoms in total. The van der Waals surface area contributed by atoms with Gasteiger partial charge in [-0.15, -0.1) is 0 Å². The molecule has 0 radical (unpaired) electrons. The van der Waals surface area contributed by atoms with Crippen LogP contribution in [-0.2, 0) is 4.74 Å². The summed E-state index contributed by atoms with van der Waals surface area (Å²) in [5, 5.41) is 3.61. The van der Waals surface area contributed by atoms with Crippen LogP contribution in [0.3, 0.4) is 0 Å². The van der Waals surface area contributed by atoms with Crippen LogP contribution in [0.15, 0.2) is 42.6 Å². The van der Waals surface area contributed by atoms with Crippen LogP contribution < -0.4 is 14.8 Å². The molecule has 0 fully saturated rings. The predicted molar refractivity (Wildman–Crippen MR) is 100 cm³/mol. The van der Waals surface area contributed by atoms with Crippen molar-refractivity contribution in [3.05, 3.63) is 54.0 Å². The first kappa shape index (κ1) is 18.4. The summed E-state index contributed by atoms with van der Waals surface area (Å²) in [5.74, 6) is 0.138. The molecule has 0 aliphatic rings. The summed E-state index contributed by atoms with van der Waals surface area (Å²) >= 11 is 0. The third kappa shape index (κ3) is 3.76. The molecule has 0 bridgehead atoms. The number of esters is 1. The van der Waals surface area contributed by atoms with E-state index in [2.05, 4.69) is 10.3 Å². The van der Waals surface area contributed by atoms with Crippen LogP contribution in [0.2, 0.25) is 0 Å². The minimum absolute atomic E-state index is 0.194. The van der Waals surface area contributed by atoms with Crippen molar-refractivity contribution in [2.24, 2.45) is 0 Å². The molecule has 7 heteroatoms. The van der Waals surface area contributed by atoms with Gasteiger partial charge in [-0.2, -0.15) is 0 Å². The number of rotatable bonds is 6. The van der Waals surface area contributed by atoms with Gasteiger partial charge in [-0.1, -0.05) is 0 Å². The number of carbonyl (C=O) groups is 1. The summed E-state index contributed by atoms with van der Waals surface area (Å²) < 4.78 is 29.6. The highest BCUT2D eigenvalue weighted by molar-refractivity contribution is 6.06. The van der Waals surface area contributed by atoms with E-state index in [0.29, 0.717) is 33.8 Å². The van der Waals surface area contributed by atoms with Crippen molar-refractivity contribution >= 4 is 28.2 Å². The van der Waals surface area contributed by atoms with Crippen molar-refractivity contribution in [3.63, 3.8) is 0 Å². The van der Waals surface area contributed by atoms with Crippen LogP contribution in [0.5, 0.6) is 11.5 Å². The van der Waals surface area contributed by atoms with Gasteiger partial charge >= 0.3 is 5.97 Å². The highest BCUT2D eigenvalue weighted by Crippen LogP contribution is 2.36. The number of nitrogens with zero attached hydrogens (tertiary/aromatic N) is 1. The van der Waals surface area contributed by atoms with Gasteiger partial charge in [0, 0.05) is 17.6 Å².